The molecular weight excluding hydrogens is 216 g/mol. The van der Waals surface area contributed by atoms with Crippen molar-refractivity contribution in [1.29, 1.82) is 0 Å². The van der Waals surface area contributed by atoms with Crippen molar-refractivity contribution in [3.63, 3.8) is 0 Å². The molecule has 1 aliphatic rings. The lowest BCUT2D eigenvalue weighted by Gasteiger charge is -2.33. The van der Waals surface area contributed by atoms with Crippen molar-refractivity contribution in [1.82, 2.24) is 15.8 Å². The first-order chi connectivity index (χ1) is 8.04. The van der Waals surface area contributed by atoms with Gasteiger partial charge in [0.1, 0.15) is 5.72 Å². The van der Waals surface area contributed by atoms with Gasteiger partial charge in [0, 0.05) is 33.7 Å². The number of hydrogen-bond donors (Lipinski definition) is 3. The quantitative estimate of drug-likeness (QED) is 0.618. The SMILES string of the molecule is CCCC1(N)CNCCO1.CCCNN(C)C. The first kappa shape index (κ1) is 16.8. The number of ether oxygens (including phenoxy) is 1. The Bertz CT molecular complexity index is 164. The predicted octanol–water partition coefficient (Wildman–Crippen LogP) is 0.524. The molecule has 0 aromatic heterocycles. The van der Waals surface area contributed by atoms with Crippen LogP contribution in [0.15, 0.2) is 0 Å². The Hall–Kier alpha value is -0.200. The summed E-state index contributed by atoms with van der Waals surface area (Å²) in [5.74, 6) is 0. The summed E-state index contributed by atoms with van der Waals surface area (Å²) in [4.78, 5) is 0. The van der Waals surface area contributed by atoms with Crippen LogP contribution in [0.1, 0.15) is 33.1 Å². The van der Waals surface area contributed by atoms with E-state index in [1.807, 2.05) is 19.1 Å². The van der Waals surface area contributed by atoms with Crippen LogP contribution in [0.4, 0.5) is 0 Å². The van der Waals surface area contributed by atoms with E-state index < -0.39 is 0 Å². The Balaban J connectivity index is 0.000000325. The lowest BCUT2D eigenvalue weighted by atomic mass is 10.1. The van der Waals surface area contributed by atoms with Crippen molar-refractivity contribution in [3.8, 4) is 0 Å². The molecule has 0 aromatic carbocycles. The van der Waals surface area contributed by atoms with E-state index in [9.17, 15) is 0 Å². The lowest BCUT2D eigenvalue weighted by molar-refractivity contribution is -0.0671. The predicted molar refractivity (Wildman–Crippen MR) is 72.6 cm³/mol. The largest absolute Gasteiger partial charge is 0.358 e. The van der Waals surface area contributed by atoms with Crippen molar-refractivity contribution in [2.75, 3.05) is 40.3 Å². The second kappa shape index (κ2) is 9.79. The number of rotatable bonds is 5. The number of morpholine rings is 1. The van der Waals surface area contributed by atoms with Crippen molar-refractivity contribution < 1.29 is 4.74 Å². The van der Waals surface area contributed by atoms with Crippen LogP contribution in [-0.2, 0) is 4.74 Å². The van der Waals surface area contributed by atoms with E-state index in [1.165, 1.54) is 6.42 Å². The number of nitrogens with one attached hydrogen (secondary N) is 2. The van der Waals surface area contributed by atoms with Crippen molar-refractivity contribution in [2.45, 2.75) is 38.8 Å². The molecule has 1 fully saturated rings. The summed E-state index contributed by atoms with van der Waals surface area (Å²) in [6.07, 6.45) is 3.22. The molecule has 1 atom stereocenters. The fourth-order valence-electron chi connectivity index (χ4n) is 1.60. The maximum atomic E-state index is 5.88. The Morgan fingerprint density at radius 2 is 2.06 bits per heavy atom. The van der Waals surface area contributed by atoms with Gasteiger partial charge in [-0.15, -0.1) is 0 Å². The van der Waals surface area contributed by atoms with Gasteiger partial charge in [-0.3, -0.25) is 10.4 Å². The maximum absolute atomic E-state index is 5.88. The number of hydrazine groups is 1. The van der Waals surface area contributed by atoms with Gasteiger partial charge in [0.05, 0.1) is 6.61 Å². The average molecular weight is 246 g/mol. The normalized spacial score (nSPS) is 24.4. The van der Waals surface area contributed by atoms with Crippen LogP contribution in [0.2, 0.25) is 0 Å². The highest BCUT2D eigenvalue weighted by molar-refractivity contribution is 4.78. The van der Waals surface area contributed by atoms with Crippen LogP contribution < -0.4 is 16.5 Å². The Kier molecular flexibility index (Phi) is 9.68. The Labute approximate surface area is 106 Å². The molecule has 0 aliphatic carbocycles. The van der Waals surface area contributed by atoms with Gasteiger partial charge in [-0.2, -0.15) is 0 Å². The molecule has 5 nitrogen and oxygen atoms in total. The smallest absolute Gasteiger partial charge is 0.129 e. The van der Waals surface area contributed by atoms with E-state index in [1.54, 1.807) is 0 Å². The summed E-state index contributed by atoms with van der Waals surface area (Å²) in [6, 6.07) is 0. The molecule has 0 saturated carbocycles. The fourth-order valence-corrected chi connectivity index (χ4v) is 1.60. The molecule has 5 heteroatoms. The number of nitrogens with two attached hydrogens (primary N) is 1. The van der Waals surface area contributed by atoms with Gasteiger partial charge < -0.3 is 15.8 Å². The monoisotopic (exact) mass is 246 g/mol. The van der Waals surface area contributed by atoms with Crippen LogP contribution in [-0.4, -0.2) is 51.1 Å². The zero-order chi connectivity index (χ0) is 13.1. The van der Waals surface area contributed by atoms with Gasteiger partial charge >= 0.3 is 0 Å². The summed E-state index contributed by atoms with van der Waals surface area (Å²) < 4.78 is 5.42. The molecule has 0 radical (unpaired) electrons. The summed E-state index contributed by atoms with van der Waals surface area (Å²) in [6.45, 7) is 7.82. The van der Waals surface area contributed by atoms with Crippen LogP contribution in [0.25, 0.3) is 0 Å². The molecule has 0 spiro atoms. The van der Waals surface area contributed by atoms with E-state index in [-0.39, 0.29) is 5.72 Å². The molecular formula is C12H30N4O. The fraction of sp³-hybridized carbons (Fsp3) is 1.00. The molecule has 0 amide bonds. The van der Waals surface area contributed by atoms with Crippen molar-refractivity contribution in [3.05, 3.63) is 0 Å². The number of hydrogen-bond acceptors (Lipinski definition) is 5. The van der Waals surface area contributed by atoms with Crippen LogP contribution in [0, 0.1) is 0 Å². The molecule has 104 valence electrons. The molecule has 0 aromatic rings. The van der Waals surface area contributed by atoms with Gasteiger partial charge in [-0.1, -0.05) is 20.3 Å². The summed E-state index contributed by atoms with van der Waals surface area (Å²) >= 11 is 0. The first-order valence-corrected chi connectivity index (χ1v) is 6.58. The summed E-state index contributed by atoms with van der Waals surface area (Å²) in [7, 11) is 3.99. The summed E-state index contributed by atoms with van der Waals surface area (Å²) in [5.41, 5.74) is 8.63. The molecule has 1 rings (SSSR count). The van der Waals surface area contributed by atoms with E-state index in [0.29, 0.717) is 0 Å². The van der Waals surface area contributed by atoms with Crippen molar-refractivity contribution >= 4 is 0 Å². The third-order valence-corrected chi connectivity index (χ3v) is 2.44. The van der Waals surface area contributed by atoms with E-state index in [0.717, 1.165) is 39.1 Å². The molecule has 1 unspecified atom stereocenters. The molecule has 0 bridgehead atoms. The Morgan fingerprint density at radius 1 is 1.35 bits per heavy atom. The lowest BCUT2D eigenvalue weighted by Crippen LogP contribution is -2.56. The maximum Gasteiger partial charge on any atom is 0.129 e. The highest BCUT2D eigenvalue weighted by Crippen LogP contribution is 2.12. The zero-order valence-corrected chi connectivity index (χ0v) is 11.9. The third kappa shape index (κ3) is 9.50. The van der Waals surface area contributed by atoms with E-state index in [4.69, 9.17) is 10.5 Å². The van der Waals surface area contributed by atoms with Crippen LogP contribution in [0.3, 0.4) is 0 Å². The standard InChI is InChI=1S/C7H16N2O.C5H14N2/c1-2-3-7(8)6-9-4-5-10-7;1-4-5-6-7(2)3/h9H,2-6,8H2,1H3;6H,4-5H2,1-3H3. The zero-order valence-electron chi connectivity index (χ0n) is 11.9. The van der Waals surface area contributed by atoms with Gasteiger partial charge in [0.2, 0.25) is 0 Å². The van der Waals surface area contributed by atoms with Gasteiger partial charge in [-0.05, 0) is 12.8 Å². The highest BCUT2D eigenvalue weighted by atomic mass is 16.5. The van der Waals surface area contributed by atoms with Gasteiger partial charge in [0.25, 0.3) is 0 Å². The van der Waals surface area contributed by atoms with Crippen molar-refractivity contribution in [2.24, 2.45) is 5.73 Å². The highest BCUT2D eigenvalue weighted by Gasteiger charge is 2.26. The molecule has 1 aliphatic heterocycles. The first-order valence-electron chi connectivity index (χ1n) is 6.58. The second-order valence-corrected chi connectivity index (χ2v) is 4.64. The molecule has 1 heterocycles. The molecule has 1 saturated heterocycles. The summed E-state index contributed by atoms with van der Waals surface area (Å²) in [5, 5.41) is 5.17. The minimum absolute atomic E-state index is 0.382. The van der Waals surface area contributed by atoms with Gasteiger partial charge in [0.15, 0.2) is 0 Å². The minimum Gasteiger partial charge on any atom is -0.358 e. The topological polar surface area (TPSA) is 62.6 Å². The Morgan fingerprint density at radius 3 is 2.41 bits per heavy atom. The second-order valence-electron chi connectivity index (χ2n) is 4.64. The van der Waals surface area contributed by atoms with Crippen LogP contribution in [0.5, 0.6) is 0 Å². The number of nitrogens with zero attached hydrogens (tertiary/aromatic N) is 1. The third-order valence-electron chi connectivity index (χ3n) is 2.44. The van der Waals surface area contributed by atoms with E-state index in [2.05, 4.69) is 24.6 Å². The minimum atomic E-state index is -0.382. The van der Waals surface area contributed by atoms with Gasteiger partial charge in [-0.25, -0.2) is 0 Å². The van der Waals surface area contributed by atoms with Crippen LogP contribution >= 0.6 is 0 Å². The van der Waals surface area contributed by atoms with E-state index >= 15 is 0 Å². The average Bonchev–Trinajstić information content (AvgIpc) is 2.28. The molecule has 17 heavy (non-hydrogen) atoms. The molecule has 4 N–H and O–H groups in total.